The van der Waals surface area contributed by atoms with Crippen molar-refractivity contribution in [3.8, 4) is 0 Å². The molecule has 0 saturated carbocycles. The SMILES string of the molecule is CC(=O)N1CC(C)(CS(=O)(=O)c2ccc(C)cc2)C=C1c1ccccc1. The van der Waals surface area contributed by atoms with Crippen LogP contribution in [0.3, 0.4) is 0 Å². The molecule has 2 aromatic carbocycles. The molecule has 0 aromatic heterocycles. The van der Waals surface area contributed by atoms with Crippen molar-refractivity contribution < 1.29 is 13.2 Å². The minimum atomic E-state index is -3.46. The van der Waals surface area contributed by atoms with Gasteiger partial charge >= 0.3 is 0 Å². The molecule has 0 saturated heterocycles. The van der Waals surface area contributed by atoms with Crippen LogP contribution in [0.1, 0.15) is 25.0 Å². The molecule has 1 unspecified atom stereocenters. The van der Waals surface area contributed by atoms with E-state index in [-0.39, 0.29) is 11.7 Å². The lowest BCUT2D eigenvalue weighted by Gasteiger charge is -2.25. The van der Waals surface area contributed by atoms with Crippen LogP contribution in [-0.2, 0) is 14.6 Å². The second-order valence-electron chi connectivity index (χ2n) is 7.23. The quantitative estimate of drug-likeness (QED) is 0.826. The van der Waals surface area contributed by atoms with Crippen LogP contribution >= 0.6 is 0 Å². The van der Waals surface area contributed by atoms with Gasteiger partial charge in [-0.25, -0.2) is 8.42 Å². The molecule has 136 valence electrons. The van der Waals surface area contributed by atoms with Crippen LogP contribution in [0.2, 0.25) is 0 Å². The highest BCUT2D eigenvalue weighted by Crippen LogP contribution is 2.38. The number of nitrogens with zero attached hydrogens (tertiary/aromatic N) is 1. The molecule has 1 aliphatic rings. The van der Waals surface area contributed by atoms with E-state index in [0.29, 0.717) is 11.4 Å². The molecule has 2 aromatic rings. The van der Waals surface area contributed by atoms with Gasteiger partial charge in [-0.2, -0.15) is 0 Å². The van der Waals surface area contributed by atoms with Crippen molar-refractivity contribution in [1.29, 1.82) is 0 Å². The molecule has 3 rings (SSSR count). The maximum absolute atomic E-state index is 12.9. The molecular formula is C21H23NO3S. The zero-order chi connectivity index (χ0) is 18.9. The Kier molecular flexibility index (Phi) is 4.76. The zero-order valence-corrected chi connectivity index (χ0v) is 16.1. The third kappa shape index (κ3) is 3.73. The van der Waals surface area contributed by atoms with Crippen molar-refractivity contribution in [1.82, 2.24) is 4.90 Å². The summed E-state index contributed by atoms with van der Waals surface area (Å²) < 4.78 is 25.8. The van der Waals surface area contributed by atoms with E-state index in [2.05, 4.69) is 0 Å². The van der Waals surface area contributed by atoms with Gasteiger partial charge < -0.3 is 4.90 Å². The second-order valence-corrected chi connectivity index (χ2v) is 9.22. The summed E-state index contributed by atoms with van der Waals surface area (Å²) in [6.07, 6.45) is 1.93. The van der Waals surface area contributed by atoms with Crippen LogP contribution in [0.5, 0.6) is 0 Å². The van der Waals surface area contributed by atoms with Crippen LogP contribution < -0.4 is 0 Å². The highest BCUT2D eigenvalue weighted by molar-refractivity contribution is 7.91. The standard InChI is InChI=1S/C21H23NO3S/c1-16-9-11-19(12-10-16)26(24,25)15-21(3)13-20(22(14-21)17(2)23)18-7-5-4-6-8-18/h4-13H,14-15H2,1-3H3. The number of hydrogen-bond donors (Lipinski definition) is 0. The fraction of sp³-hybridized carbons (Fsp3) is 0.286. The number of hydrogen-bond acceptors (Lipinski definition) is 3. The van der Waals surface area contributed by atoms with E-state index < -0.39 is 15.3 Å². The van der Waals surface area contributed by atoms with Gasteiger partial charge in [-0.3, -0.25) is 4.79 Å². The largest absolute Gasteiger partial charge is 0.311 e. The molecule has 1 amide bonds. The molecular weight excluding hydrogens is 346 g/mol. The Balaban J connectivity index is 1.95. The van der Waals surface area contributed by atoms with Gasteiger partial charge in [0.25, 0.3) is 0 Å². The summed E-state index contributed by atoms with van der Waals surface area (Å²) >= 11 is 0. The predicted octanol–water partition coefficient (Wildman–Crippen LogP) is 3.68. The highest BCUT2D eigenvalue weighted by Gasteiger charge is 2.39. The summed E-state index contributed by atoms with van der Waals surface area (Å²) in [5.41, 5.74) is 2.07. The summed E-state index contributed by atoms with van der Waals surface area (Å²) in [4.78, 5) is 14.1. The first-order valence-corrected chi connectivity index (χ1v) is 10.2. The predicted molar refractivity (Wildman–Crippen MR) is 103 cm³/mol. The van der Waals surface area contributed by atoms with Crippen LogP contribution in [0.15, 0.2) is 65.6 Å². The molecule has 4 nitrogen and oxygen atoms in total. The van der Waals surface area contributed by atoms with Gasteiger partial charge in [0.1, 0.15) is 0 Å². The molecule has 1 aliphatic heterocycles. The number of rotatable bonds is 4. The minimum absolute atomic E-state index is 0.0385. The molecule has 1 heterocycles. The Morgan fingerprint density at radius 1 is 1.08 bits per heavy atom. The van der Waals surface area contributed by atoms with Crippen molar-refractivity contribution in [2.45, 2.75) is 25.7 Å². The van der Waals surface area contributed by atoms with Gasteiger partial charge in [-0.15, -0.1) is 0 Å². The average Bonchev–Trinajstić information content (AvgIpc) is 2.93. The number of benzene rings is 2. The Hall–Kier alpha value is -2.40. The molecule has 0 bridgehead atoms. The van der Waals surface area contributed by atoms with Crippen LogP contribution in [-0.4, -0.2) is 31.5 Å². The summed E-state index contributed by atoms with van der Waals surface area (Å²) in [6.45, 7) is 5.69. The first kappa shape index (κ1) is 18.4. The van der Waals surface area contributed by atoms with Crippen molar-refractivity contribution in [2.75, 3.05) is 12.3 Å². The van der Waals surface area contributed by atoms with Crippen molar-refractivity contribution >= 4 is 21.4 Å². The Morgan fingerprint density at radius 2 is 1.69 bits per heavy atom. The molecule has 0 spiro atoms. The average molecular weight is 369 g/mol. The van der Waals surface area contributed by atoms with Gasteiger partial charge in [0, 0.05) is 24.6 Å². The van der Waals surface area contributed by atoms with Crippen molar-refractivity contribution in [2.24, 2.45) is 5.41 Å². The molecule has 26 heavy (non-hydrogen) atoms. The van der Waals surface area contributed by atoms with E-state index in [1.54, 1.807) is 29.2 Å². The first-order valence-electron chi connectivity index (χ1n) is 8.56. The van der Waals surface area contributed by atoms with Crippen LogP contribution in [0.25, 0.3) is 5.70 Å². The van der Waals surface area contributed by atoms with E-state index in [1.807, 2.05) is 50.3 Å². The molecule has 0 N–H and O–H groups in total. The van der Waals surface area contributed by atoms with Gasteiger partial charge in [0.2, 0.25) is 5.91 Å². The lowest BCUT2D eigenvalue weighted by atomic mass is 9.94. The van der Waals surface area contributed by atoms with Gasteiger partial charge in [-0.05, 0) is 24.6 Å². The number of carbonyl (C=O) groups is 1. The van der Waals surface area contributed by atoms with E-state index in [9.17, 15) is 13.2 Å². The Bertz CT molecular complexity index is 947. The van der Waals surface area contributed by atoms with Crippen LogP contribution in [0, 0.1) is 12.3 Å². The Morgan fingerprint density at radius 3 is 2.27 bits per heavy atom. The Labute approximate surface area is 155 Å². The number of aryl methyl sites for hydroxylation is 1. The van der Waals surface area contributed by atoms with Crippen molar-refractivity contribution in [3.05, 3.63) is 71.8 Å². The normalized spacial score (nSPS) is 20.1. The first-order chi connectivity index (χ1) is 12.2. The van der Waals surface area contributed by atoms with E-state index in [4.69, 9.17) is 0 Å². The molecule has 0 fully saturated rings. The maximum atomic E-state index is 12.9. The summed E-state index contributed by atoms with van der Waals surface area (Å²) in [5.74, 6) is -0.125. The second kappa shape index (κ2) is 6.72. The number of sulfone groups is 1. The van der Waals surface area contributed by atoms with Gasteiger partial charge in [0.05, 0.1) is 10.6 Å². The topological polar surface area (TPSA) is 54.5 Å². The van der Waals surface area contributed by atoms with Gasteiger partial charge in [-0.1, -0.05) is 61.0 Å². The lowest BCUT2D eigenvalue weighted by molar-refractivity contribution is -0.125. The third-order valence-corrected chi connectivity index (χ3v) is 6.67. The monoisotopic (exact) mass is 369 g/mol. The fourth-order valence-electron chi connectivity index (χ4n) is 3.38. The highest BCUT2D eigenvalue weighted by atomic mass is 32.2. The summed E-state index contributed by atoms with van der Waals surface area (Å²) in [5, 5.41) is 0. The van der Waals surface area contributed by atoms with E-state index >= 15 is 0 Å². The third-order valence-electron chi connectivity index (χ3n) is 4.64. The molecule has 5 heteroatoms. The molecule has 0 radical (unpaired) electrons. The van der Waals surface area contributed by atoms with Gasteiger partial charge in [0.15, 0.2) is 9.84 Å². The minimum Gasteiger partial charge on any atom is -0.311 e. The maximum Gasteiger partial charge on any atom is 0.223 e. The molecule has 1 atom stereocenters. The lowest BCUT2D eigenvalue weighted by Crippen LogP contribution is -2.34. The summed E-state index contributed by atoms with van der Waals surface area (Å²) in [6, 6.07) is 16.5. The van der Waals surface area contributed by atoms with Crippen molar-refractivity contribution in [3.63, 3.8) is 0 Å². The number of carbonyl (C=O) groups excluding carboxylic acids is 1. The smallest absolute Gasteiger partial charge is 0.223 e. The number of amides is 1. The van der Waals surface area contributed by atoms with E-state index in [1.165, 1.54) is 6.92 Å². The van der Waals surface area contributed by atoms with E-state index in [0.717, 1.165) is 16.8 Å². The molecule has 0 aliphatic carbocycles. The fourth-order valence-corrected chi connectivity index (χ4v) is 5.14. The van der Waals surface area contributed by atoms with Crippen LogP contribution in [0.4, 0.5) is 0 Å². The summed E-state index contributed by atoms with van der Waals surface area (Å²) in [7, 11) is -3.46. The zero-order valence-electron chi connectivity index (χ0n) is 15.3.